The largest absolute Gasteiger partial charge is 0.248 e. The Hall–Kier alpha value is -4.89. The van der Waals surface area contributed by atoms with Gasteiger partial charge in [-0.2, -0.15) is 0 Å². The van der Waals surface area contributed by atoms with Crippen LogP contribution in [0, 0.1) is 10.4 Å². The van der Waals surface area contributed by atoms with Gasteiger partial charge in [0.1, 0.15) is 0 Å². The Morgan fingerprint density at radius 1 is 0.472 bits per heavy atom. The van der Waals surface area contributed by atoms with Crippen LogP contribution < -0.4 is 10.7 Å². The van der Waals surface area contributed by atoms with E-state index in [2.05, 4.69) is 103 Å². The summed E-state index contributed by atoms with van der Waals surface area (Å²) in [5.41, 5.74) is 9.52. The van der Waals surface area contributed by atoms with E-state index in [0.717, 1.165) is 71.7 Å². The van der Waals surface area contributed by atoms with Crippen LogP contribution in [0.5, 0.6) is 0 Å². The van der Waals surface area contributed by atoms with Crippen LogP contribution in [0.25, 0.3) is 44.4 Å². The van der Waals surface area contributed by atoms with Crippen LogP contribution in [0.2, 0.25) is 0 Å². The zero-order valence-electron chi connectivity index (χ0n) is 19.3. The van der Waals surface area contributed by atoms with Gasteiger partial charge in [0.05, 0.1) is 33.3 Å². The summed E-state index contributed by atoms with van der Waals surface area (Å²) < 4.78 is 0. The zero-order chi connectivity index (χ0) is 23.6. The molecule has 0 unspecified atom stereocenters. The molecule has 8 rings (SSSR count). The predicted octanol–water partition coefficient (Wildman–Crippen LogP) is 7.05. The van der Waals surface area contributed by atoms with Gasteiger partial charge in [-0.15, -0.1) is 0 Å². The van der Waals surface area contributed by atoms with Gasteiger partial charge in [-0.05, 0) is 47.5 Å². The van der Waals surface area contributed by atoms with E-state index in [9.17, 15) is 0 Å². The molecular weight excluding hydrogens is 438 g/mol. The number of hydrogen-bond donors (Lipinski definition) is 0. The summed E-state index contributed by atoms with van der Waals surface area (Å²) in [6, 6.07) is 40.1. The molecule has 0 atom stereocenters. The van der Waals surface area contributed by atoms with Crippen molar-refractivity contribution in [1.29, 1.82) is 0 Å². The summed E-state index contributed by atoms with van der Waals surface area (Å²) in [6.45, 7) is 0. The fourth-order valence-corrected chi connectivity index (χ4v) is 5.57. The zero-order valence-corrected chi connectivity index (χ0v) is 19.3. The molecule has 0 amide bonds. The number of benzene rings is 5. The van der Waals surface area contributed by atoms with Crippen LogP contribution in [0.15, 0.2) is 125 Å². The molecule has 3 nitrogen and oxygen atoms in total. The molecule has 6 aromatic rings. The summed E-state index contributed by atoms with van der Waals surface area (Å²) in [6.07, 6.45) is 0. The molecule has 36 heavy (non-hydrogen) atoms. The van der Waals surface area contributed by atoms with E-state index in [4.69, 9.17) is 15.0 Å². The lowest BCUT2D eigenvalue weighted by molar-refractivity contribution is 1.36. The summed E-state index contributed by atoms with van der Waals surface area (Å²) in [5, 5.41) is 5.45. The standard InChI is InChI=1S/C33H19N3/c1-2-8-20(9-3-1)22-15-18-28-31(30(22)27-17-14-21-10-4-6-12-25(21)34-27)32-29(35-28)19-16-24-23-11-5-7-13-26(23)36-33(24)32/h1-19H. The number of pyridine rings is 1. The van der Waals surface area contributed by atoms with Crippen molar-refractivity contribution in [3.05, 3.63) is 136 Å². The van der Waals surface area contributed by atoms with Crippen molar-refractivity contribution in [2.75, 3.05) is 0 Å². The number of hydrogen-bond acceptors (Lipinski definition) is 3. The Balaban J connectivity index is 1.51. The molecule has 0 N–H and O–H groups in total. The second kappa shape index (κ2) is 7.30. The molecular formula is C33H19N3. The first-order chi connectivity index (χ1) is 17.8. The molecule has 2 aliphatic heterocycles. The van der Waals surface area contributed by atoms with Crippen LogP contribution in [-0.4, -0.2) is 4.98 Å². The molecule has 0 aliphatic carbocycles. The first-order valence-corrected chi connectivity index (χ1v) is 12.1. The molecule has 0 spiro atoms. The quantitative estimate of drug-likeness (QED) is 0.274. The Labute approximate surface area is 207 Å². The maximum Gasteiger partial charge on any atom is 0.0817 e. The van der Waals surface area contributed by atoms with Crippen molar-refractivity contribution in [2.24, 2.45) is 9.98 Å². The van der Waals surface area contributed by atoms with Gasteiger partial charge in [0, 0.05) is 32.5 Å². The van der Waals surface area contributed by atoms with E-state index >= 15 is 0 Å². The number of aromatic nitrogens is 1. The molecule has 1 aromatic heterocycles. The average Bonchev–Trinajstić information content (AvgIpc) is 3.51. The van der Waals surface area contributed by atoms with E-state index in [1.165, 1.54) is 5.22 Å². The van der Waals surface area contributed by atoms with Crippen molar-refractivity contribution in [2.45, 2.75) is 0 Å². The van der Waals surface area contributed by atoms with E-state index in [1.54, 1.807) is 0 Å². The molecule has 0 saturated carbocycles. The van der Waals surface area contributed by atoms with Gasteiger partial charge in [0.15, 0.2) is 0 Å². The first kappa shape index (κ1) is 19.4. The average molecular weight is 458 g/mol. The van der Waals surface area contributed by atoms with Gasteiger partial charge in [-0.3, -0.25) is 0 Å². The summed E-state index contributed by atoms with van der Waals surface area (Å²) in [5.74, 6) is 0. The lowest BCUT2D eigenvalue weighted by Crippen LogP contribution is -2.01. The fraction of sp³-hybridized carbons (Fsp3) is 0. The van der Waals surface area contributed by atoms with Crippen molar-refractivity contribution >= 4 is 22.3 Å². The molecule has 2 aliphatic rings. The van der Waals surface area contributed by atoms with Crippen molar-refractivity contribution in [1.82, 2.24) is 4.98 Å². The number of rotatable bonds is 2. The number of nitrogens with zero attached hydrogens (tertiary/aromatic N) is 3. The SMILES string of the molecule is c1ccc(-c2ccc3c(c2-c2ccc4ccccc4n2)-c2c4c(ccc2=N3)=c2ccccc2=N4)cc1. The Bertz CT molecular complexity index is 2090. The molecule has 3 heterocycles. The Morgan fingerprint density at radius 3 is 2.25 bits per heavy atom. The molecule has 5 aromatic carbocycles. The van der Waals surface area contributed by atoms with Crippen LogP contribution in [0.3, 0.4) is 0 Å². The normalized spacial score (nSPS) is 12.3. The molecule has 0 radical (unpaired) electrons. The van der Waals surface area contributed by atoms with Gasteiger partial charge >= 0.3 is 0 Å². The number of para-hydroxylation sites is 2. The topological polar surface area (TPSA) is 37.6 Å². The van der Waals surface area contributed by atoms with E-state index in [0.29, 0.717) is 0 Å². The highest BCUT2D eigenvalue weighted by molar-refractivity contribution is 6.03. The molecule has 3 heteroatoms. The maximum atomic E-state index is 5.14. The van der Waals surface area contributed by atoms with Gasteiger partial charge in [-0.25, -0.2) is 15.0 Å². The highest BCUT2D eigenvalue weighted by atomic mass is 14.8. The summed E-state index contributed by atoms with van der Waals surface area (Å²) >= 11 is 0. The minimum Gasteiger partial charge on any atom is -0.248 e. The summed E-state index contributed by atoms with van der Waals surface area (Å²) in [7, 11) is 0. The fourth-order valence-electron chi connectivity index (χ4n) is 5.57. The van der Waals surface area contributed by atoms with Crippen LogP contribution in [0.1, 0.15) is 0 Å². The van der Waals surface area contributed by atoms with Crippen molar-refractivity contribution in [3.8, 4) is 33.5 Å². The van der Waals surface area contributed by atoms with Crippen LogP contribution in [-0.2, 0) is 0 Å². The third-order valence-electron chi connectivity index (χ3n) is 7.20. The van der Waals surface area contributed by atoms with Crippen molar-refractivity contribution < 1.29 is 0 Å². The van der Waals surface area contributed by atoms with Crippen molar-refractivity contribution in [3.63, 3.8) is 0 Å². The molecule has 0 fully saturated rings. The smallest absolute Gasteiger partial charge is 0.0817 e. The van der Waals surface area contributed by atoms with Gasteiger partial charge in [0.2, 0.25) is 0 Å². The monoisotopic (exact) mass is 457 g/mol. The number of fused-ring (bicyclic) bond motifs is 7. The molecule has 0 bridgehead atoms. The third-order valence-corrected chi connectivity index (χ3v) is 7.20. The predicted molar refractivity (Wildman–Crippen MR) is 144 cm³/mol. The second-order valence-electron chi connectivity index (χ2n) is 9.23. The lowest BCUT2D eigenvalue weighted by atomic mass is 9.88. The highest BCUT2D eigenvalue weighted by Gasteiger charge is 2.27. The highest BCUT2D eigenvalue weighted by Crippen LogP contribution is 2.48. The van der Waals surface area contributed by atoms with E-state index < -0.39 is 0 Å². The first-order valence-electron chi connectivity index (χ1n) is 12.1. The molecule has 166 valence electrons. The second-order valence-corrected chi connectivity index (χ2v) is 9.23. The van der Waals surface area contributed by atoms with E-state index in [-0.39, 0.29) is 0 Å². The van der Waals surface area contributed by atoms with Crippen LogP contribution >= 0.6 is 0 Å². The third kappa shape index (κ3) is 2.71. The van der Waals surface area contributed by atoms with Gasteiger partial charge in [-0.1, -0.05) is 78.9 Å². The lowest BCUT2D eigenvalue weighted by Gasteiger charge is -2.16. The van der Waals surface area contributed by atoms with Gasteiger partial charge < -0.3 is 0 Å². The molecule has 0 saturated heterocycles. The Morgan fingerprint density at radius 2 is 1.31 bits per heavy atom. The van der Waals surface area contributed by atoms with Gasteiger partial charge in [0.25, 0.3) is 0 Å². The Kier molecular flexibility index (Phi) is 3.94. The maximum absolute atomic E-state index is 5.14. The van der Waals surface area contributed by atoms with E-state index in [1.807, 2.05) is 12.1 Å². The minimum absolute atomic E-state index is 0.945. The minimum atomic E-state index is 0.945. The summed E-state index contributed by atoms with van der Waals surface area (Å²) in [4.78, 5) is 15.3. The van der Waals surface area contributed by atoms with Crippen LogP contribution in [0.4, 0.5) is 11.4 Å².